The molecule has 0 bridgehead atoms. The van der Waals surface area contributed by atoms with Crippen molar-refractivity contribution in [2.24, 2.45) is 0 Å². The SMILES string of the molecule is Oc1c(Cl)cc(-c2cnc(OCc3ccc(CN4CCN(c5ccccc5)CC4)cc3)nn2)cc1Cl. The fraction of sp³-hybridized carbons (Fsp3) is 0.222. The molecule has 1 N–H and O–H groups in total. The smallest absolute Gasteiger partial charge is 0.336 e. The Kier molecular flexibility index (Phi) is 7.51. The van der Waals surface area contributed by atoms with Gasteiger partial charge in [-0.05, 0) is 35.4 Å². The van der Waals surface area contributed by atoms with E-state index in [0.29, 0.717) is 17.9 Å². The highest BCUT2D eigenvalue weighted by Gasteiger charge is 2.17. The number of phenols is 1. The van der Waals surface area contributed by atoms with Crippen molar-refractivity contribution >= 4 is 28.9 Å². The number of benzene rings is 3. The minimum atomic E-state index is -0.167. The molecule has 9 heteroatoms. The number of nitrogens with zero attached hydrogens (tertiary/aromatic N) is 5. The van der Waals surface area contributed by atoms with Gasteiger partial charge in [-0.1, -0.05) is 70.8 Å². The van der Waals surface area contributed by atoms with Gasteiger partial charge in [0, 0.05) is 44.0 Å². The van der Waals surface area contributed by atoms with Gasteiger partial charge in [-0.15, -0.1) is 5.10 Å². The first-order valence-corrected chi connectivity index (χ1v) is 12.4. The fourth-order valence-electron chi connectivity index (χ4n) is 4.13. The van der Waals surface area contributed by atoms with Gasteiger partial charge in [-0.2, -0.15) is 0 Å². The predicted octanol–water partition coefficient (Wildman–Crippen LogP) is 5.45. The van der Waals surface area contributed by atoms with Crippen molar-refractivity contribution < 1.29 is 9.84 Å². The Bertz CT molecular complexity index is 1270. The van der Waals surface area contributed by atoms with Crippen molar-refractivity contribution in [3.05, 3.63) is 94.1 Å². The molecule has 0 spiro atoms. The van der Waals surface area contributed by atoms with Gasteiger partial charge in [0.2, 0.25) is 0 Å². The molecule has 0 saturated carbocycles. The van der Waals surface area contributed by atoms with Gasteiger partial charge >= 0.3 is 6.01 Å². The lowest BCUT2D eigenvalue weighted by atomic mass is 10.1. The second-order valence-corrected chi connectivity index (χ2v) is 9.43. The first-order chi connectivity index (χ1) is 17.5. The Labute approximate surface area is 219 Å². The van der Waals surface area contributed by atoms with E-state index in [0.717, 1.165) is 38.3 Å². The largest absolute Gasteiger partial charge is 0.505 e. The molecule has 3 aromatic carbocycles. The van der Waals surface area contributed by atoms with Crippen LogP contribution in [0.1, 0.15) is 11.1 Å². The summed E-state index contributed by atoms with van der Waals surface area (Å²) in [5.41, 5.74) is 4.67. The molecule has 1 saturated heterocycles. The maximum absolute atomic E-state index is 9.71. The summed E-state index contributed by atoms with van der Waals surface area (Å²) in [4.78, 5) is 9.15. The van der Waals surface area contributed by atoms with Gasteiger partial charge in [0.05, 0.1) is 16.2 Å². The van der Waals surface area contributed by atoms with Crippen molar-refractivity contribution in [1.82, 2.24) is 20.1 Å². The molecule has 0 aliphatic carbocycles. The normalized spacial score (nSPS) is 14.1. The van der Waals surface area contributed by atoms with Gasteiger partial charge in [0.1, 0.15) is 12.3 Å². The number of aromatic nitrogens is 3. The second-order valence-electron chi connectivity index (χ2n) is 8.62. The maximum atomic E-state index is 9.71. The summed E-state index contributed by atoms with van der Waals surface area (Å²) < 4.78 is 5.70. The van der Waals surface area contributed by atoms with Crippen molar-refractivity contribution in [3.8, 4) is 23.0 Å². The van der Waals surface area contributed by atoms with Crippen LogP contribution in [-0.2, 0) is 13.2 Å². The summed E-state index contributed by atoms with van der Waals surface area (Å²) in [6.45, 7) is 5.44. The molecule has 2 heterocycles. The molecule has 1 aromatic heterocycles. The van der Waals surface area contributed by atoms with Crippen LogP contribution in [0, 0.1) is 0 Å². The molecule has 0 unspecified atom stereocenters. The Hall–Kier alpha value is -3.39. The van der Waals surface area contributed by atoms with E-state index in [9.17, 15) is 5.11 Å². The molecule has 184 valence electrons. The van der Waals surface area contributed by atoms with Crippen LogP contribution in [0.4, 0.5) is 5.69 Å². The highest BCUT2D eigenvalue weighted by atomic mass is 35.5. The third-order valence-electron chi connectivity index (χ3n) is 6.14. The fourth-order valence-corrected chi connectivity index (χ4v) is 4.61. The molecule has 1 aliphatic heterocycles. The Morgan fingerprint density at radius 1 is 0.833 bits per heavy atom. The molecular weight excluding hydrogens is 497 g/mol. The van der Waals surface area contributed by atoms with Gasteiger partial charge in [-0.25, -0.2) is 4.98 Å². The van der Waals surface area contributed by atoms with E-state index in [2.05, 4.69) is 79.6 Å². The van der Waals surface area contributed by atoms with Crippen molar-refractivity contribution in [3.63, 3.8) is 0 Å². The Morgan fingerprint density at radius 3 is 2.14 bits per heavy atom. The number of para-hydroxylation sites is 1. The molecule has 1 aliphatic rings. The zero-order valence-corrected chi connectivity index (χ0v) is 21.0. The monoisotopic (exact) mass is 521 g/mol. The molecule has 0 amide bonds. The minimum Gasteiger partial charge on any atom is -0.505 e. The number of anilines is 1. The number of halogens is 2. The summed E-state index contributed by atoms with van der Waals surface area (Å²) in [7, 11) is 0. The second kappa shape index (κ2) is 11.1. The number of hydrogen-bond acceptors (Lipinski definition) is 7. The van der Waals surface area contributed by atoms with Crippen molar-refractivity contribution in [1.29, 1.82) is 0 Å². The van der Waals surface area contributed by atoms with Crippen molar-refractivity contribution in [2.45, 2.75) is 13.2 Å². The van der Waals surface area contributed by atoms with E-state index >= 15 is 0 Å². The minimum absolute atomic E-state index is 0.137. The van der Waals surface area contributed by atoms with E-state index < -0.39 is 0 Å². The summed E-state index contributed by atoms with van der Waals surface area (Å²) in [6, 6.07) is 22.3. The summed E-state index contributed by atoms with van der Waals surface area (Å²) in [5.74, 6) is -0.167. The standard InChI is InChI=1S/C27H25Cl2N5O2/c28-23-14-21(15-24(29)26(23)35)25-16-30-27(32-31-25)36-18-20-8-6-19(7-9-20)17-33-10-12-34(13-11-33)22-4-2-1-3-5-22/h1-9,14-16,35H,10-13,17-18H2. The van der Waals surface area contributed by atoms with E-state index in [1.807, 2.05) is 0 Å². The lowest BCUT2D eigenvalue weighted by molar-refractivity contribution is 0.249. The van der Waals surface area contributed by atoms with Crippen LogP contribution in [0.2, 0.25) is 10.0 Å². The number of piperazine rings is 1. The lowest BCUT2D eigenvalue weighted by Crippen LogP contribution is -2.45. The first kappa shape index (κ1) is 24.3. The first-order valence-electron chi connectivity index (χ1n) is 11.7. The van der Waals surface area contributed by atoms with Gasteiger partial charge < -0.3 is 14.7 Å². The summed E-state index contributed by atoms with van der Waals surface area (Å²) >= 11 is 12.0. The third kappa shape index (κ3) is 5.87. The average Bonchev–Trinajstić information content (AvgIpc) is 2.92. The predicted molar refractivity (Wildman–Crippen MR) is 142 cm³/mol. The Balaban J connectivity index is 1.11. The van der Waals surface area contributed by atoms with E-state index in [-0.39, 0.29) is 21.8 Å². The molecule has 7 nitrogen and oxygen atoms in total. The quantitative estimate of drug-likeness (QED) is 0.346. The Morgan fingerprint density at radius 2 is 1.50 bits per heavy atom. The third-order valence-corrected chi connectivity index (χ3v) is 6.72. The molecule has 1 fully saturated rings. The number of hydrogen-bond donors (Lipinski definition) is 1. The highest BCUT2D eigenvalue weighted by Crippen LogP contribution is 2.35. The maximum Gasteiger partial charge on any atom is 0.336 e. The van der Waals surface area contributed by atoms with Gasteiger partial charge in [0.15, 0.2) is 5.75 Å². The molecular formula is C27H25Cl2N5O2. The van der Waals surface area contributed by atoms with Crippen LogP contribution < -0.4 is 9.64 Å². The molecule has 5 rings (SSSR count). The van der Waals surface area contributed by atoms with Crippen LogP contribution in [0.3, 0.4) is 0 Å². The average molecular weight is 522 g/mol. The number of ether oxygens (including phenoxy) is 1. The molecule has 0 radical (unpaired) electrons. The van der Waals surface area contributed by atoms with Crippen molar-refractivity contribution in [2.75, 3.05) is 31.1 Å². The van der Waals surface area contributed by atoms with Crippen LogP contribution >= 0.6 is 23.2 Å². The summed E-state index contributed by atoms with van der Waals surface area (Å²) in [6.07, 6.45) is 1.53. The van der Waals surface area contributed by atoms with Crippen LogP contribution in [-0.4, -0.2) is 51.4 Å². The lowest BCUT2D eigenvalue weighted by Gasteiger charge is -2.36. The number of phenolic OH excluding ortho intramolecular Hbond substituents is 1. The van der Waals surface area contributed by atoms with Crippen LogP contribution in [0.5, 0.6) is 11.8 Å². The molecule has 0 atom stereocenters. The molecule has 36 heavy (non-hydrogen) atoms. The van der Waals surface area contributed by atoms with Gasteiger partial charge in [0.25, 0.3) is 0 Å². The van der Waals surface area contributed by atoms with Crippen LogP contribution in [0.15, 0.2) is 72.9 Å². The topological polar surface area (TPSA) is 74.6 Å². The molecule has 4 aromatic rings. The summed E-state index contributed by atoms with van der Waals surface area (Å²) in [5, 5.41) is 18.1. The van der Waals surface area contributed by atoms with Crippen LogP contribution in [0.25, 0.3) is 11.3 Å². The highest BCUT2D eigenvalue weighted by molar-refractivity contribution is 6.37. The zero-order chi connectivity index (χ0) is 24.9. The van der Waals surface area contributed by atoms with Gasteiger partial charge in [-0.3, -0.25) is 4.90 Å². The number of rotatable bonds is 7. The number of aromatic hydroxyl groups is 1. The van der Waals surface area contributed by atoms with E-state index in [1.54, 1.807) is 12.1 Å². The van der Waals surface area contributed by atoms with E-state index in [4.69, 9.17) is 27.9 Å². The zero-order valence-electron chi connectivity index (χ0n) is 19.5. The van der Waals surface area contributed by atoms with E-state index in [1.165, 1.54) is 17.4 Å².